The van der Waals surface area contributed by atoms with E-state index in [4.69, 9.17) is 10.2 Å². The molecule has 120 valence electrons. The van der Waals surface area contributed by atoms with Crippen LogP contribution >= 0.6 is 0 Å². The van der Waals surface area contributed by atoms with Gasteiger partial charge < -0.3 is 15.1 Å². The van der Waals surface area contributed by atoms with Crippen molar-refractivity contribution in [3.63, 3.8) is 0 Å². The molecular weight excluding hydrogens is 294 g/mol. The second-order valence-corrected chi connectivity index (χ2v) is 6.51. The van der Waals surface area contributed by atoms with Crippen LogP contribution < -0.4 is 10.6 Å². The fourth-order valence-electron chi connectivity index (χ4n) is 4.17. The molecule has 1 aliphatic heterocycles. The molecule has 3 heterocycles. The summed E-state index contributed by atoms with van der Waals surface area (Å²) in [4.78, 5) is 17.9. The van der Waals surface area contributed by atoms with Crippen LogP contribution in [0.15, 0.2) is 22.9 Å². The molecule has 23 heavy (non-hydrogen) atoms. The molecule has 0 bridgehead atoms. The van der Waals surface area contributed by atoms with Crippen molar-refractivity contribution in [2.45, 2.75) is 31.6 Å². The molecule has 4 rings (SSSR count). The molecule has 2 aliphatic rings. The number of rotatable bonds is 3. The van der Waals surface area contributed by atoms with Crippen LogP contribution in [-0.4, -0.2) is 34.2 Å². The van der Waals surface area contributed by atoms with Gasteiger partial charge in [0.25, 0.3) is 5.91 Å². The van der Waals surface area contributed by atoms with E-state index in [-0.39, 0.29) is 5.41 Å². The zero-order valence-electron chi connectivity index (χ0n) is 13.0. The van der Waals surface area contributed by atoms with E-state index >= 15 is 0 Å². The van der Waals surface area contributed by atoms with Gasteiger partial charge in [-0.05, 0) is 24.8 Å². The van der Waals surface area contributed by atoms with Gasteiger partial charge >= 0.3 is 0 Å². The summed E-state index contributed by atoms with van der Waals surface area (Å²) in [6.45, 7) is 3.45. The summed E-state index contributed by atoms with van der Waals surface area (Å²) in [6.07, 6.45) is 6.56. The molecule has 2 fully saturated rings. The lowest BCUT2D eigenvalue weighted by molar-refractivity contribution is 0.100. The third-order valence-corrected chi connectivity index (χ3v) is 5.23. The smallest absolute Gasteiger partial charge is 0.252 e. The van der Waals surface area contributed by atoms with Crippen LogP contribution in [0.25, 0.3) is 0 Å². The van der Waals surface area contributed by atoms with E-state index in [1.807, 2.05) is 13.0 Å². The third kappa shape index (κ3) is 2.10. The van der Waals surface area contributed by atoms with E-state index in [1.165, 1.54) is 12.6 Å². The van der Waals surface area contributed by atoms with E-state index in [2.05, 4.69) is 20.1 Å². The minimum atomic E-state index is -0.451. The Labute approximate surface area is 133 Å². The van der Waals surface area contributed by atoms with E-state index in [0.29, 0.717) is 17.4 Å². The lowest BCUT2D eigenvalue weighted by Gasteiger charge is -2.25. The number of nitrogens with zero attached hydrogens (tertiary/aromatic N) is 4. The van der Waals surface area contributed by atoms with Crippen molar-refractivity contribution in [1.82, 2.24) is 15.2 Å². The van der Waals surface area contributed by atoms with Crippen LogP contribution in [-0.2, 0) is 5.41 Å². The van der Waals surface area contributed by atoms with Crippen LogP contribution in [0.1, 0.15) is 41.4 Å². The van der Waals surface area contributed by atoms with Crippen molar-refractivity contribution < 1.29 is 9.21 Å². The van der Waals surface area contributed by atoms with Gasteiger partial charge in [-0.1, -0.05) is 6.42 Å². The number of amides is 1. The fraction of sp³-hybridized carbons (Fsp3) is 0.500. The summed E-state index contributed by atoms with van der Waals surface area (Å²) in [5.41, 5.74) is 6.69. The monoisotopic (exact) mass is 313 g/mol. The summed E-state index contributed by atoms with van der Waals surface area (Å²) in [6, 6.07) is 1.86. The number of carbonyl (C=O) groups excluding carboxylic acids is 1. The lowest BCUT2D eigenvalue weighted by Crippen LogP contribution is -2.33. The average molecular weight is 313 g/mol. The predicted octanol–water partition coefficient (Wildman–Crippen LogP) is 1.43. The van der Waals surface area contributed by atoms with Gasteiger partial charge in [-0.3, -0.25) is 9.78 Å². The lowest BCUT2D eigenvalue weighted by atomic mass is 9.80. The third-order valence-electron chi connectivity index (χ3n) is 5.23. The summed E-state index contributed by atoms with van der Waals surface area (Å²) in [7, 11) is 0. The Kier molecular flexibility index (Phi) is 3.11. The maximum atomic E-state index is 11.7. The molecule has 2 atom stereocenters. The minimum Gasteiger partial charge on any atom is -0.425 e. The molecule has 0 aromatic carbocycles. The first-order valence-corrected chi connectivity index (χ1v) is 7.89. The predicted molar refractivity (Wildman–Crippen MR) is 83.0 cm³/mol. The number of hydrogen-bond acceptors (Lipinski definition) is 6. The number of carbonyl (C=O) groups is 1. The highest BCUT2D eigenvalue weighted by Crippen LogP contribution is 2.51. The highest BCUT2D eigenvalue weighted by atomic mass is 16.4. The Hall–Kier alpha value is -2.44. The Balaban J connectivity index is 1.72. The molecule has 1 saturated heterocycles. The SMILES string of the molecule is Cc1nnc([C@]23CCC[C@H]2CN(c2ccncc2C(N)=O)C3)o1. The summed E-state index contributed by atoms with van der Waals surface area (Å²) in [5.74, 6) is 1.33. The van der Waals surface area contributed by atoms with Crippen LogP contribution in [0, 0.1) is 12.8 Å². The number of pyridine rings is 1. The van der Waals surface area contributed by atoms with Crippen molar-refractivity contribution in [2.24, 2.45) is 11.7 Å². The number of primary amides is 1. The molecule has 2 aromatic heterocycles. The van der Waals surface area contributed by atoms with Crippen LogP contribution in [0.3, 0.4) is 0 Å². The van der Waals surface area contributed by atoms with Gasteiger partial charge in [0.15, 0.2) is 0 Å². The number of aryl methyl sites for hydroxylation is 1. The highest BCUT2D eigenvalue weighted by molar-refractivity contribution is 5.98. The second-order valence-electron chi connectivity index (χ2n) is 6.51. The zero-order chi connectivity index (χ0) is 16.0. The Morgan fingerprint density at radius 1 is 1.48 bits per heavy atom. The maximum absolute atomic E-state index is 11.7. The van der Waals surface area contributed by atoms with Crippen LogP contribution in [0.2, 0.25) is 0 Å². The number of hydrogen-bond donors (Lipinski definition) is 1. The Bertz CT molecular complexity index is 758. The van der Waals surface area contributed by atoms with E-state index in [0.717, 1.165) is 37.5 Å². The average Bonchev–Trinajstić information content (AvgIpc) is 3.20. The standard InChI is InChI=1S/C16H19N5O2/c1-10-19-20-15(23-10)16-5-2-3-11(16)8-21(9-16)13-4-6-18-7-12(13)14(17)22/h4,6-7,11H,2-3,5,8-9H2,1H3,(H2,17,22)/t11-,16-/m0/s1. The molecule has 1 amide bonds. The van der Waals surface area contributed by atoms with Crippen molar-refractivity contribution in [2.75, 3.05) is 18.0 Å². The molecule has 0 radical (unpaired) electrons. The molecule has 2 N–H and O–H groups in total. The van der Waals surface area contributed by atoms with E-state index < -0.39 is 5.91 Å². The summed E-state index contributed by atoms with van der Waals surface area (Å²) >= 11 is 0. The maximum Gasteiger partial charge on any atom is 0.252 e. The molecule has 0 spiro atoms. The molecule has 2 aromatic rings. The number of anilines is 1. The van der Waals surface area contributed by atoms with Gasteiger partial charge in [0.2, 0.25) is 11.8 Å². The molecule has 7 heteroatoms. The van der Waals surface area contributed by atoms with Gasteiger partial charge in [-0.25, -0.2) is 0 Å². The van der Waals surface area contributed by atoms with Crippen LogP contribution in [0.4, 0.5) is 5.69 Å². The molecule has 0 unspecified atom stereocenters. The zero-order valence-corrected chi connectivity index (χ0v) is 13.0. The number of aromatic nitrogens is 3. The molecule has 1 aliphatic carbocycles. The van der Waals surface area contributed by atoms with Crippen molar-refractivity contribution in [1.29, 1.82) is 0 Å². The first-order valence-electron chi connectivity index (χ1n) is 7.89. The molecule has 1 saturated carbocycles. The normalized spacial score (nSPS) is 26.5. The first kappa shape index (κ1) is 14.2. The summed E-state index contributed by atoms with van der Waals surface area (Å²) < 4.78 is 5.78. The minimum absolute atomic E-state index is 0.112. The van der Waals surface area contributed by atoms with Gasteiger partial charge in [0.05, 0.1) is 16.7 Å². The van der Waals surface area contributed by atoms with Crippen molar-refractivity contribution >= 4 is 11.6 Å². The van der Waals surface area contributed by atoms with Gasteiger partial charge in [-0.2, -0.15) is 0 Å². The molecular formula is C16H19N5O2. The van der Waals surface area contributed by atoms with Gasteiger partial charge in [0.1, 0.15) is 0 Å². The Morgan fingerprint density at radius 3 is 3.09 bits per heavy atom. The van der Waals surface area contributed by atoms with E-state index in [9.17, 15) is 4.79 Å². The van der Waals surface area contributed by atoms with Crippen LogP contribution in [0.5, 0.6) is 0 Å². The fourth-order valence-corrected chi connectivity index (χ4v) is 4.17. The summed E-state index contributed by atoms with van der Waals surface area (Å²) in [5, 5.41) is 8.31. The van der Waals surface area contributed by atoms with Crippen molar-refractivity contribution in [3.8, 4) is 0 Å². The quantitative estimate of drug-likeness (QED) is 0.920. The molecule has 7 nitrogen and oxygen atoms in total. The second kappa shape index (κ2) is 5.04. The van der Waals surface area contributed by atoms with Crippen molar-refractivity contribution in [3.05, 3.63) is 35.8 Å². The number of fused-ring (bicyclic) bond motifs is 1. The van der Waals surface area contributed by atoms with E-state index in [1.54, 1.807) is 6.20 Å². The van der Waals surface area contributed by atoms with Gasteiger partial charge in [-0.15, -0.1) is 10.2 Å². The number of nitrogens with two attached hydrogens (primary N) is 1. The largest absolute Gasteiger partial charge is 0.425 e. The highest BCUT2D eigenvalue weighted by Gasteiger charge is 2.54. The Morgan fingerprint density at radius 2 is 2.35 bits per heavy atom. The van der Waals surface area contributed by atoms with Gasteiger partial charge in [0, 0.05) is 32.4 Å². The topological polar surface area (TPSA) is 98.1 Å². The first-order chi connectivity index (χ1) is 11.1.